The third kappa shape index (κ3) is 3.38. The Morgan fingerprint density at radius 1 is 1.10 bits per heavy atom. The molecule has 0 amide bonds. The van der Waals surface area contributed by atoms with E-state index in [0.29, 0.717) is 16.8 Å². The molecule has 0 spiro atoms. The fourth-order valence-corrected chi connectivity index (χ4v) is 2.73. The first-order chi connectivity index (χ1) is 9.81. The van der Waals surface area contributed by atoms with Gasteiger partial charge in [-0.25, -0.2) is 0 Å². The van der Waals surface area contributed by atoms with Crippen LogP contribution in [0.15, 0.2) is 28.7 Å². The molecule has 0 unspecified atom stereocenters. The minimum atomic E-state index is 0.539. The molecule has 0 bridgehead atoms. The van der Waals surface area contributed by atoms with Crippen LogP contribution in [0.4, 0.5) is 0 Å². The molecule has 4 nitrogen and oxygen atoms in total. The Balaban J connectivity index is 1.70. The van der Waals surface area contributed by atoms with Gasteiger partial charge in [0.05, 0.1) is 6.54 Å². The zero-order valence-electron chi connectivity index (χ0n) is 11.4. The summed E-state index contributed by atoms with van der Waals surface area (Å²) in [4.78, 5) is 2.39. The molecule has 1 aromatic carbocycles. The average molecular weight is 292 g/mol. The van der Waals surface area contributed by atoms with E-state index in [0.717, 1.165) is 25.2 Å². The number of hydrogen-bond acceptors (Lipinski definition) is 4. The van der Waals surface area contributed by atoms with E-state index in [-0.39, 0.29) is 0 Å². The van der Waals surface area contributed by atoms with E-state index < -0.39 is 0 Å². The summed E-state index contributed by atoms with van der Waals surface area (Å²) in [5.41, 5.74) is 0.868. The normalized spacial score (nSPS) is 17.1. The molecule has 1 aliphatic heterocycles. The Morgan fingerprint density at radius 3 is 2.65 bits per heavy atom. The fraction of sp³-hybridized carbons (Fsp3) is 0.467. The Morgan fingerprint density at radius 2 is 1.90 bits per heavy atom. The van der Waals surface area contributed by atoms with Crippen molar-refractivity contribution in [3.8, 4) is 11.5 Å². The molecule has 20 heavy (non-hydrogen) atoms. The zero-order chi connectivity index (χ0) is 13.8. The maximum absolute atomic E-state index is 5.98. The molecule has 0 aliphatic carbocycles. The van der Waals surface area contributed by atoms with Gasteiger partial charge in [-0.2, -0.15) is 0 Å². The maximum Gasteiger partial charge on any atom is 0.247 e. The first kappa shape index (κ1) is 13.6. The summed E-state index contributed by atoms with van der Waals surface area (Å²) in [6.07, 6.45) is 5.17. The standard InChI is InChI=1S/C15H18ClN3O/c16-13-7-5-6-12(10-13)15-18-17-14(20-15)11-19-8-3-1-2-4-9-19/h5-7,10H,1-4,8-9,11H2. The van der Waals surface area contributed by atoms with Gasteiger partial charge in [-0.1, -0.05) is 30.5 Å². The lowest BCUT2D eigenvalue weighted by Gasteiger charge is -2.16. The second kappa shape index (κ2) is 6.37. The molecule has 0 N–H and O–H groups in total. The highest BCUT2D eigenvalue weighted by Gasteiger charge is 2.14. The lowest BCUT2D eigenvalue weighted by molar-refractivity contribution is 0.249. The van der Waals surface area contributed by atoms with Crippen molar-refractivity contribution in [3.05, 3.63) is 35.2 Å². The molecular weight excluding hydrogens is 274 g/mol. The first-order valence-corrected chi connectivity index (χ1v) is 7.50. The highest BCUT2D eigenvalue weighted by Crippen LogP contribution is 2.22. The number of benzene rings is 1. The lowest BCUT2D eigenvalue weighted by atomic mass is 10.2. The van der Waals surface area contributed by atoms with Crippen LogP contribution in [-0.4, -0.2) is 28.2 Å². The van der Waals surface area contributed by atoms with E-state index in [1.807, 2.05) is 24.3 Å². The predicted octanol–water partition coefficient (Wildman–Crippen LogP) is 3.77. The van der Waals surface area contributed by atoms with Crippen LogP contribution < -0.4 is 0 Å². The van der Waals surface area contributed by atoms with Crippen molar-refractivity contribution in [1.29, 1.82) is 0 Å². The molecule has 0 radical (unpaired) electrons. The fourth-order valence-electron chi connectivity index (χ4n) is 2.54. The van der Waals surface area contributed by atoms with Crippen LogP contribution in [0.3, 0.4) is 0 Å². The van der Waals surface area contributed by atoms with Gasteiger partial charge in [0.25, 0.3) is 0 Å². The quantitative estimate of drug-likeness (QED) is 0.863. The summed E-state index contributed by atoms with van der Waals surface area (Å²) in [5, 5.41) is 8.94. The van der Waals surface area contributed by atoms with Crippen LogP contribution >= 0.6 is 11.6 Å². The van der Waals surface area contributed by atoms with Crippen LogP contribution in [0.1, 0.15) is 31.6 Å². The highest BCUT2D eigenvalue weighted by atomic mass is 35.5. The summed E-state index contributed by atoms with van der Waals surface area (Å²) < 4.78 is 5.75. The Kier molecular flexibility index (Phi) is 4.33. The molecule has 2 aromatic rings. The Labute approximate surface area is 123 Å². The number of likely N-dealkylation sites (tertiary alicyclic amines) is 1. The van der Waals surface area contributed by atoms with Crippen molar-refractivity contribution < 1.29 is 4.42 Å². The number of nitrogens with zero attached hydrogens (tertiary/aromatic N) is 3. The van der Waals surface area contributed by atoms with Crippen molar-refractivity contribution in [2.24, 2.45) is 0 Å². The second-order valence-corrected chi connectivity index (χ2v) is 5.64. The molecule has 1 saturated heterocycles. The van der Waals surface area contributed by atoms with E-state index in [1.54, 1.807) is 0 Å². The number of hydrogen-bond donors (Lipinski definition) is 0. The van der Waals surface area contributed by atoms with Crippen molar-refractivity contribution in [2.75, 3.05) is 13.1 Å². The molecule has 3 rings (SSSR count). The first-order valence-electron chi connectivity index (χ1n) is 7.12. The van der Waals surface area contributed by atoms with Gasteiger partial charge in [0.1, 0.15) is 0 Å². The third-order valence-corrected chi connectivity index (χ3v) is 3.83. The van der Waals surface area contributed by atoms with E-state index in [4.69, 9.17) is 16.0 Å². The monoisotopic (exact) mass is 291 g/mol. The van der Waals surface area contributed by atoms with Gasteiger partial charge in [0.2, 0.25) is 11.8 Å². The average Bonchev–Trinajstić information content (AvgIpc) is 2.75. The Hall–Kier alpha value is -1.39. The topological polar surface area (TPSA) is 42.2 Å². The molecule has 1 aliphatic rings. The van der Waals surface area contributed by atoms with E-state index in [9.17, 15) is 0 Å². The van der Waals surface area contributed by atoms with Gasteiger partial charge in [0, 0.05) is 10.6 Å². The maximum atomic E-state index is 5.98. The third-order valence-electron chi connectivity index (χ3n) is 3.60. The van der Waals surface area contributed by atoms with Gasteiger partial charge in [-0.05, 0) is 44.1 Å². The summed E-state index contributed by atoms with van der Waals surface area (Å²) in [7, 11) is 0. The molecule has 1 fully saturated rings. The molecule has 2 heterocycles. The Bertz CT molecular complexity index is 562. The largest absolute Gasteiger partial charge is 0.419 e. The van der Waals surface area contributed by atoms with Crippen molar-refractivity contribution in [2.45, 2.75) is 32.2 Å². The number of rotatable bonds is 3. The highest BCUT2D eigenvalue weighted by molar-refractivity contribution is 6.30. The SMILES string of the molecule is Clc1cccc(-c2nnc(CN3CCCCCC3)o2)c1. The summed E-state index contributed by atoms with van der Waals surface area (Å²) >= 11 is 5.98. The summed E-state index contributed by atoms with van der Waals surface area (Å²) in [5.74, 6) is 1.22. The summed E-state index contributed by atoms with van der Waals surface area (Å²) in [6.45, 7) is 2.98. The molecule has 5 heteroatoms. The van der Waals surface area contributed by atoms with Crippen LogP contribution in [0.2, 0.25) is 5.02 Å². The van der Waals surface area contributed by atoms with Crippen LogP contribution in [0.5, 0.6) is 0 Å². The minimum Gasteiger partial charge on any atom is -0.419 e. The van der Waals surface area contributed by atoms with E-state index in [1.165, 1.54) is 25.7 Å². The molecular formula is C15H18ClN3O. The number of aromatic nitrogens is 2. The molecule has 0 atom stereocenters. The number of halogens is 1. The van der Waals surface area contributed by atoms with Crippen molar-refractivity contribution in [1.82, 2.24) is 15.1 Å². The molecule has 1 aromatic heterocycles. The lowest BCUT2D eigenvalue weighted by Crippen LogP contribution is -2.24. The summed E-state index contributed by atoms with van der Waals surface area (Å²) in [6, 6.07) is 7.48. The minimum absolute atomic E-state index is 0.539. The van der Waals surface area contributed by atoms with Gasteiger partial charge < -0.3 is 4.42 Å². The van der Waals surface area contributed by atoms with Crippen molar-refractivity contribution >= 4 is 11.6 Å². The van der Waals surface area contributed by atoms with E-state index in [2.05, 4.69) is 15.1 Å². The van der Waals surface area contributed by atoms with Gasteiger partial charge >= 0.3 is 0 Å². The molecule has 0 saturated carbocycles. The molecule has 106 valence electrons. The zero-order valence-corrected chi connectivity index (χ0v) is 12.1. The second-order valence-electron chi connectivity index (χ2n) is 5.20. The van der Waals surface area contributed by atoms with Crippen LogP contribution in [0, 0.1) is 0 Å². The van der Waals surface area contributed by atoms with Crippen LogP contribution in [0.25, 0.3) is 11.5 Å². The van der Waals surface area contributed by atoms with Crippen molar-refractivity contribution in [3.63, 3.8) is 0 Å². The predicted molar refractivity (Wildman–Crippen MR) is 78.5 cm³/mol. The smallest absolute Gasteiger partial charge is 0.247 e. The van der Waals surface area contributed by atoms with Gasteiger partial charge in [-0.15, -0.1) is 10.2 Å². The van der Waals surface area contributed by atoms with E-state index >= 15 is 0 Å². The van der Waals surface area contributed by atoms with Crippen LogP contribution in [-0.2, 0) is 6.54 Å². The van der Waals surface area contributed by atoms with Gasteiger partial charge in [-0.3, -0.25) is 4.90 Å². The van der Waals surface area contributed by atoms with Gasteiger partial charge in [0.15, 0.2) is 0 Å².